The van der Waals surface area contributed by atoms with Crippen molar-refractivity contribution in [2.45, 2.75) is 38.0 Å². The zero-order valence-corrected chi connectivity index (χ0v) is 16.6. The molecular formula is C21H23ClN2O4. The first-order chi connectivity index (χ1) is 13.5. The number of esters is 1. The molecule has 1 atom stereocenters. The summed E-state index contributed by atoms with van der Waals surface area (Å²) in [7, 11) is 0. The van der Waals surface area contributed by atoms with Crippen molar-refractivity contribution in [1.29, 1.82) is 0 Å². The maximum absolute atomic E-state index is 13.3. The van der Waals surface area contributed by atoms with Crippen LogP contribution in [0.1, 0.15) is 38.3 Å². The molecular weight excluding hydrogens is 380 g/mol. The van der Waals surface area contributed by atoms with Gasteiger partial charge in [-0.15, -0.1) is 0 Å². The topological polar surface area (TPSA) is 72.6 Å². The minimum Gasteiger partial charge on any atom is -0.466 e. The van der Waals surface area contributed by atoms with Gasteiger partial charge < -0.3 is 14.2 Å². The number of benzene rings is 1. The monoisotopic (exact) mass is 402 g/mol. The Bertz CT molecular complexity index is 873. The van der Waals surface area contributed by atoms with E-state index in [0.29, 0.717) is 36.2 Å². The molecule has 0 bridgehead atoms. The lowest BCUT2D eigenvalue weighted by molar-refractivity contribution is -0.151. The number of ether oxygens (including phenoxy) is 1. The van der Waals surface area contributed by atoms with Gasteiger partial charge in [-0.2, -0.15) is 0 Å². The van der Waals surface area contributed by atoms with Crippen molar-refractivity contribution in [2.75, 3.05) is 19.7 Å². The summed E-state index contributed by atoms with van der Waals surface area (Å²) < 4.78 is 10.7. The van der Waals surface area contributed by atoms with Gasteiger partial charge in [0.1, 0.15) is 0 Å². The maximum Gasteiger partial charge on any atom is 0.310 e. The van der Waals surface area contributed by atoms with Gasteiger partial charge in [-0.1, -0.05) is 16.8 Å². The molecule has 1 aromatic heterocycles. The Morgan fingerprint density at radius 1 is 1.32 bits per heavy atom. The van der Waals surface area contributed by atoms with Crippen LogP contribution in [0.2, 0.25) is 5.02 Å². The van der Waals surface area contributed by atoms with Gasteiger partial charge in [0.2, 0.25) is 5.91 Å². The Hall–Kier alpha value is -2.34. The second-order valence-electron chi connectivity index (χ2n) is 7.51. The zero-order chi connectivity index (χ0) is 19.7. The quantitative estimate of drug-likeness (QED) is 0.710. The molecule has 2 aliphatic rings. The fourth-order valence-electron chi connectivity index (χ4n) is 3.87. The number of aromatic nitrogens is 1. The van der Waals surface area contributed by atoms with Crippen LogP contribution in [0.4, 0.5) is 0 Å². The highest BCUT2D eigenvalue weighted by Gasteiger charge is 2.56. The van der Waals surface area contributed by atoms with E-state index in [1.54, 1.807) is 24.0 Å². The van der Waals surface area contributed by atoms with Crippen LogP contribution in [0.25, 0.3) is 11.3 Å². The Labute approximate surface area is 168 Å². The average Bonchev–Trinajstić information content (AvgIpc) is 3.38. The minimum atomic E-state index is -0.620. The molecule has 2 fully saturated rings. The van der Waals surface area contributed by atoms with Gasteiger partial charge in [0.25, 0.3) is 0 Å². The Kier molecular flexibility index (Phi) is 5.15. The van der Waals surface area contributed by atoms with Crippen LogP contribution < -0.4 is 0 Å². The lowest BCUT2D eigenvalue weighted by Gasteiger charge is -2.33. The van der Waals surface area contributed by atoms with Gasteiger partial charge in [-0.3, -0.25) is 9.59 Å². The third kappa shape index (κ3) is 3.53. The van der Waals surface area contributed by atoms with E-state index >= 15 is 0 Å². The first kappa shape index (κ1) is 19.0. The van der Waals surface area contributed by atoms with Gasteiger partial charge in [0.15, 0.2) is 5.76 Å². The van der Waals surface area contributed by atoms with Crippen LogP contribution in [0, 0.1) is 5.92 Å². The first-order valence-corrected chi connectivity index (χ1v) is 10.1. The van der Waals surface area contributed by atoms with Crippen LogP contribution in [-0.4, -0.2) is 41.6 Å². The molecule has 148 valence electrons. The van der Waals surface area contributed by atoms with E-state index in [2.05, 4.69) is 5.16 Å². The molecule has 0 N–H and O–H groups in total. The smallest absolute Gasteiger partial charge is 0.310 e. The SMILES string of the molecule is CCOC(=O)C1CCCN(C(=O)C2(c3cc(-c4ccc(Cl)cc4)on3)CC2)C1. The minimum absolute atomic E-state index is 0.0393. The molecule has 1 saturated carbocycles. The van der Waals surface area contributed by atoms with Crippen molar-refractivity contribution >= 4 is 23.5 Å². The van der Waals surface area contributed by atoms with Gasteiger partial charge in [-0.25, -0.2) is 0 Å². The summed E-state index contributed by atoms with van der Waals surface area (Å²) in [5, 5.41) is 4.85. The Balaban J connectivity index is 1.50. The molecule has 6 nitrogen and oxygen atoms in total. The van der Waals surface area contributed by atoms with E-state index in [1.165, 1.54) is 0 Å². The summed E-state index contributed by atoms with van der Waals surface area (Å²) >= 11 is 5.94. The molecule has 4 rings (SSSR count). The number of nitrogens with zero attached hydrogens (tertiary/aromatic N) is 2. The standard InChI is InChI=1S/C21H23ClN2O4/c1-2-27-19(25)15-4-3-11-24(13-15)20(26)21(9-10-21)18-12-17(28-23-18)14-5-7-16(22)8-6-14/h5-8,12,15H,2-4,9-11,13H2,1H3. The van der Waals surface area contributed by atoms with Crippen LogP contribution >= 0.6 is 11.6 Å². The summed E-state index contributed by atoms with van der Waals surface area (Å²) in [6, 6.07) is 9.16. The maximum atomic E-state index is 13.3. The molecule has 1 amide bonds. The molecule has 0 spiro atoms. The summed E-state index contributed by atoms with van der Waals surface area (Å²) in [6.45, 7) is 3.24. The van der Waals surface area contributed by atoms with Crippen LogP contribution in [-0.2, 0) is 19.7 Å². The molecule has 2 aromatic rings. The van der Waals surface area contributed by atoms with Crippen molar-refractivity contribution in [3.05, 3.63) is 41.0 Å². The fourth-order valence-corrected chi connectivity index (χ4v) is 4.00. The van der Waals surface area contributed by atoms with E-state index in [1.807, 2.05) is 18.2 Å². The lowest BCUT2D eigenvalue weighted by Crippen LogP contribution is -2.47. The largest absolute Gasteiger partial charge is 0.466 e. The molecule has 1 aromatic carbocycles. The Morgan fingerprint density at radius 3 is 2.75 bits per heavy atom. The number of carbonyl (C=O) groups is 2. The van der Waals surface area contributed by atoms with E-state index in [4.69, 9.17) is 20.9 Å². The second-order valence-corrected chi connectivity index (χ2v) is 7.94. The number of carbonyl (C=O) groups excluding carboxylic acids is 2. The highest BCUT2D eigenvalue weighted by atomic mass is 35.5. The second kappa shape index (κ2) is 7.59. The highest BCUT2D eigenvalue weighted by molar-refractivity contribution is 6.30. The highest BCUT2D eigenvalue weighted by Crippen LogP contribution is 2.50. The van der Waals surface area contributed by atoms with Crippen molar-refractivity contribution in [2.24, 2.45) is 5.92 Å². The summed E-state index contributed by atoms with van der Waals surface area (Å²) in [5.74, 6) is 0.206. The van der Waals surface area contributed by atoms with Crippen LogP contribution in [0.3, 0.4) is 0 Å². The third-order valence-corrected chi connectivity index (χ3v) is 5.87. The van der Waals surface area contributed by atoms with Crippen molar-refractivity contribution in [3.63, 3.8) is 0 Å². The molecule has 0 radical (unpaired) electrons. The van der Waals surface area contributed by atoms with E-state index < -0.39 is 5.41 Å². The number of halogens is 1. The molecule has 1 saturated heterocycles. The first-order valence-electron chi connectivity index (χ1n) is 9.72. The van der Waals surface area contributed by atoms with Crippen molar-refractivity contribution < 1.29 is 18.8 Å². The molecule has 7 heteroatoms. The normalized spacial score (nSPS) is 20.6. The molecule has 1 unspecified atom stereocenters. The van der Waals surface area contributed by atoms with Gasteiger partial charge >= 0.3 is 5.97 Å². The summed E-state index contributed by atoms with van der Waals surface area (Å²) in [6.07, 6.45) is 3.07. The van der Waals surface area contributed by atoms with Gasteiger partial charge in [0, 0.05) is 29.7 Å². The van der Waals surface area contributed by atoms with Crippen molar-refractivity contribution in [3.8, 4) is 11.3 Å². The average molecular weight is 403 g/mol. The van der Waals surface area contributed by atoms with E-state index in [-0.39, 0.29) is 17.8 Å². The molecule has 1 aliphatic carbocycles. The zero-order valence-electron chi connectivity index (χ0n) is 15.8. The number of amides is 1. The molecule has 2 heterocycles. The van der Waals surface area contributed by atoms with Crippen molar-refractivity contribution in [1.82, 2.24) is 10.1 Å². The number of hydrogen-bond acceptors (Lipinski definition) is 5. The predicted octanol–water partition coefficient (Wildman–Crippen LogP) is 3.83. The fraction of sp³-hybridized carbons (Fsp3) is 0.476. The number of piperidine rings is 1. The molecule has 28 heavy (non-hydrogen) atoms. The molecule has 1 aliphatic heterocycles. The Morgan fingerprint density at radius 2 is 2.07 bits per heavy atom. The lowest BCUT2D eigenvalue weighted by atomic mass is 9.94. The predicted molar refractivity (Wildman–Crippen MR) is 104 cm³/mol. The van der Waals surface area contributed by atoms with E-state index in [9.17, 15) is 9.59 Å². The third-order valence-electron chi connectivity index (χ3n) is 5.62. The van der Waals surface area contributed by atoms with Crippen LogP contribution in [0.15, 0.2) is 34.9 Å². The number of hydrogen-bond donors (Lipinski definition) is 0. The van der Waals surface area contributed by atoms with Gasteiger partial charge in [-0.05, 0) is 56.9 Å². The summed E-state index contributed by atoms with van der Waals surface area (Å²) in [5.41, 5.74) is 0.914. The number of rotatable bonds is 5. The van der Waals surface area contributed by atoms with Crippen LogP contribution in [0.5, 0.6) is 0 Å². The van der Waals surface area contributed by atoms with Gasteiger partial charge in [0.05, 0.1) is 23.6 Å². The number of likely N-dealkylation sites (tertiary alicyclic amines) is 1. The van der Waals surface area contributed by atoms with E-state index in [0.717, 1.165) is 31.2 Å². The summed E-state index contributed by atoms with van der Waals surface area (Å²) in [4.78, 5) is 27.2.